The molecule has 0 aliphatic heterocycles. The average molecular weight is 301 g/mol. The van der Waals surface area contributed by atoms with Crippen LogP contribution in [0.1, 0.15) is 55.8 Å². The van der Waals surface area contributed by atoms with E-state index in [0.717, 1.165) is 22.6 Å². The van der Waals surface area contributed by atoms with Gasteiger partial charge in [-0.2, -0.15) is 0 Å². The van der Waals surface area contributed by atoms with Gasteiger partial charge in [-0.15, -0.1) is 0 Å². The van der Waals surface area contributed by atoms with Gasteiger partial charge in [0.15, 0.2) is 0 Å². The first-order chi connectivity index (χ1) is 10.3. The number of aromatic nitrogens is 2. The van der Waals surface area contributed by atoms with E-state index in [1.54, 1.807) is 0 Å². The number of rotatable bonds is 2. The van der Waals surface area contributed by atoms with Crippen LogP contribution in [0, 0.1) is 6.92 Å². The molecule has 0 amide bonds. The van der Waals surface area contributed by atoms with Crippen molar-refractivity contribution in [3.63, 3.8) is 0 Å². The lowest BCUT2D eigenvalue weighted by Gasteiger charge is -2.16. The van der Waals surface area contributed by atoms with Crippen molar-refractivity contribution in [1.29, 1.82) is 0 Å². The summed E-state index contributed by atoms with van der Waals surface area (Å²) in [6, 6.07) is 10.3. The summed E-state index contributed by atoms with van der Waals surface area (Å²) >= 11 is 6.38. The van der Waals surface area contributed by atoms with E-state index in [9.17, 15) is 0 Å². The highest BCUT2D eigenvalue weighted by molar-refractivity contribution is 6.30. The first-order valence-electron chi connectivity index (χ1n) is 7.85. The van der Waals surface area contributed by atoms with Gasteiger partial charge in [0.2, 0.25) is 0 Å². The molecule has 1 aliphatic carbocycles. The molecule has 3 heteroatoms. The summed E-state index contributed by atoms with van der Waals surface area (Å²) in [7, 11) is 0. The normalized spacial score (nSPS) is 16.7. The van der Waals surface area contributed by atoms with Crippen LogP contribution < -0.4 is 0 Å². The van der Waals surface area contributed by atoms with Crippen LogP contribution in [0.3, 0.4) is 0 Å². The Hall–Kier alpha value is -1.41. The third-order valence-corrected chi connectivity index (χ3v) is 4.74. The van der Waals surface area contributed by atoms with E-state index < -0.39 is 0 Å². The zero-order valence-electron chi connectivity index (χ0n) is 12.5. The number of nitrogens with zero attached hydrogens (tertiary/aromatic N) is 2. The fraction of sp³-hybridized carbons (Fsp3) is 0.444. The van der Waals surface area contributed by atoms with Crippen LogP contribution in [-0.4, -0.2) is 9.97 Å². The average Bonchev–Trinajstić information content (AvgIpc) is 2.80. The van der Waals surface area contributed by atoms with Crippen molar-refractivity contribution < 1.29 is 0 Å². The molecule has 1 saturated carbocycles. The van der Waals surface area contributed by atoms with Gasteiger partial charge in [0.05, 0.1) is 5.69 Å². The standard InChI is InChI=1S/C18H21ClN2/c1-13-16(14-9-7-4-8-10-14)20-18(21-17(13)19)15-11-5-2-3-6-12-15/h4,7-10,15H,2-3,5-6,11-12H2,1H3. The first kappa shape index (κ1) is 14.5. The predicted molar refractivity (Wildman–Crippen MR) is 87.7 cm³/mol. The third-order valence-electron chi connectivity index (χ3n) is 4.37. The topological polar surface area (TPSA) is 25.8 Å². The number of hydrogen-bond donors (Lipinski definition) is 0. The Morgan fingerprint density at radius 1 is 0.952 bits per heavy atom. The molecule has 2 aromatic rings. The van der Waals surface area contributed by atoms with E-state index in [0.29, 0.717) is 11.1 Å². The molecule has 0 saturated heterocycles. The van der Waals surface area contributed by atoms with E-state index in [1.165, 1.54) is 38.5 Å². The molecule has 3 rings (SSSR count). The zero-order valence-corrected chi connectivity index (χ0v) is 13.2. The van der Waals surface area contributed by atoms with Crippen molar-refractivity contribution in [2.24, 2.45) is 0 Å². The van der Waals surface area contributed by atoms with Crippen molar-refractivity contribution in [3.8, 4) is 11.3 Å². The second-order valence-electron chi connectivity index (χ2n) is 5.90. The van der Waals surface area contributed by atoms with E-state index in [-0.39, 0.29) is 0 Å². The fourth-order valence-electron chi connectivity index (χ4n) is 3.10. The molecule has 21 heavy (non-hydrogen) atoms. The van der Waals surface area contributed by atoms with Crippen LogP contribution in [0.2, 0.25) is 5.15 Å². The minimum Gasteiger partial charge on any atom is -0.232 e. The summed E-state index contributed by atoms with van der Waals surface area (Å²) in [6.45, 7) is 2.00. The summed E-state index contributed by atoms with van der Waals surface area (Å²) in [5.41, 5.74) is 3.07. The molecule has 110 valence electrons. The Balaban J connectivity index is 2.01. The van der Waals surface area contributed by atoms with Crippen molar-refractivity contribution >= 4 is 11.6 Å². The first-order valence-corrected chi connectivity index (χ1v) is 8.23. The number of halogens is 1. The van der Waals surface area contributed by atoms with E-state index in [1.807, 2.05) is 25.1 Å². The van der Waals surface area contributed by atoms with Gasteiger partial charge in [-0.05, 0) is 19.8 Å². The Labute approximate surface area is 131 Å². The van der Waals surface area contributed by atoms with Crippen molar-refractivity contribution in [1.82, 2.24) is 9.97 Å². The lowest BCUT2D eigenvalue weighted by molar-refractivity contribution is 0.560. The summed E-state index contributed by atoms with van der Waals surface area (Å²) < 4.78 is 0. The van der Waals surface area contributed by atoms with E-state index in [4.69, 9.17) is 16.6 Å². The smallest absolute Gasteiger partial charge is 0.136 e. The van der Waals surface area contributed by atoms with Gasteiger partial charge in [-0.3, -0.25) is 0 Å². The monoisotopic (exact) mass is 300 g/mol. The highest BCUT2D eigenvalue weighted by Crippen LogP contribution is 2.33. The second-order valence-corrected chi connectivity index (χ2v) is 6.26. The highest BCUT2D eigenvalue weighted by Gasteiger charge is 2.20. The molecule has 1 aliphatic rings. The summed E-state index contributed by atoms with van der Waals surface area (Å²) in [5.74, 6) is 1.40. The molecule has 0 bridgehead atoms. The van der Waals surface area contributed by atoms with Crippen molar-refractivity contribution in [3.05, 3.63) is 46.9 Å². The third kappa shape index (κ3) is 3.26. The van der Waals surface area contributed by atoms with Crippen LogP contribution in [0.15, 0.2) is 30.3 Å². The molecule has 0 spiro atoms. The maximum absolute atomic E-state index is 6.38. The van der Waals surface area contributed by atoms with Crippen LogP contribution in [0.5, 0.6) is 0 Å². The maximum atomic E-state index is 6.38. The number of benzene rings is 1. The second kappa shape index (κ2) is 6.57. The minimum atomic E-state index is 0.466. The van der Waals surface area contributed by atoms with Crippen molar-refractivity contribution in [2.75, 3.05) is 0 Å². The van der Waals surface area contributed by atoms with Gasteiger partial charge < -0.3 is 0 Å². The molecule has 1 aromatic carbocycles. The molecule has 1 heterocycles. The molecule has 0 atom stereocenters. The van der Waals surface area contributed by atoms with Crippen LogP contribution in [-0.2, 0) is 0 Å². The lowest BCUT2D eigenvalue weighted by atomic mass is 9.98. The van der Waals surface area contributed by atoms with Gasteiger partial charge in [-0.25, -0.2) is 9.97 Å². The molecule has 2 nitrogen and oxygen atoms in total. The Bertz CT molecular complexity index is 602. The van der Waals surface area contributed by atoms with Gasteiger partial charge in [0.1, 0.15) is 11.0 Å². The quantitative estimate of drug-likeness (QED) is 0.537. The summed E-state index contributed by atoms with van der Waals surface area (Å²) in [5, 5.41) is 0.600. The highest BCUT2D eigenvalue weighted by atomic mass is 35.5. The maximum Gasteiger partial charge on any atom is 0.136 e. The summed E-state index contributed by atoms with van der Waals surface area (Å²) in [6.07, 6.45) is 7.60. The molecular formula is C18H21ClN2. The molecule has 0 radical (unpaired) electrons. The van der Waals surface area contributed by atoms with Crippen molar-refractivity contribution in [2.45, 2.75) is 51.4 Å². The molecule has 0 unspecified atom stereocenters. The minimum absolute atomic E-state index is 0.466. The Morgan fingerprint density at radius 3 is 2.29 bits per heavy atom. The lowest BCUT2D eigenvalue weighted by Crippen LogP contribution is -2.07. The SMILES string of the molecule is Cc1c(Cl)nc(C2CCCCCC2)nc1-c1ccccc1. The van der Waals surface area contributed by atoms with Gasteiger partial charge >= 0.3 is 0 Å². The Morgan fingerprint density at radius 2 is 1.62 bits per heavy atom. The molecule has 1 aromatic heterocycles. The fourth-order valence-corrected chi connectivity index (χ4v) is 3.28. The van der Waals surface area contributed by atoms with Gasteiger partial charge in [-0.1, -0.05) is 67.6 Å². The van der Waals surface area contributed by atoms with Crippen LogP contribution in [0.4, 0.5) is 0 Å². The predicted octanol–water partition coefficient (Wildman–Crippen LogP) is 5.54. The largest absolute Gasteiger partial charge is 0.232 e. The van der Waals surface area contributed by atoms with Gasteiger partial charge in [0.25, 0.3) is 0 Å². The molecule has 0 N–H and O–H groups in total. The Kier molecular flexibility index (Phi) is 4.54. The van der Waals surface area contributed by atoms with Gasteiger partial charge in [0, 0.05) is 17.0 Å². The van der Waals surface area contributed by atoms with E-state index in [2.05, 4.69) is 17.1 Å². The molecular weight excluding hydrogens is 280 g/mol. The number of hydrogen-bond acceptors (Lipinski definition) is 2. The van der Waals surface area contributed by atoms with Crippen LogP contribution in [0.25, 0.3) is 11.3 Å². The van der Waals surface area contributed by atoms with Crippen LogP contribution >= 0.6 is 11.6 Å². The summed E-state index contributed by atoms with van der Waals surface area (Å²) in [4.78, 5) is 9.45. The van der Waals surface area contributed by atoms with E-state index >= 15 is 0 Å². The molecule has 1 fully saturated rings. The zero-order chi connectivity index (χ0) is 14.7.